The first-order valence-electron chi connectivity index (χ1n) is 3.29. The highest BCUT2D eigenvalue weighted by molar-refractivity contribution is 7.85. The van der Waals surface area contributed by atoms with Gasteiger partial charge in [0.15, 0.2) is 0 Å². The third kappa shape index (κ3) is 3.00. The molecule has 1 heterocycles. The van der Waals surface area contributed by atoms with E-state index in [-0.39, 0.29) is 5.75 Å². The molecule has 0 radical (unpaired) electrons. The van der Waals surface area contributed by atoms with Gasteiger partial charge in [0, 0.05) is 13.1 Å². The van der Waals surface area contributed by atoms with Gasteiger partial charge in [-0.15, -0.1) is 0 Å². The average molecular weight is 177 g/mol. The lowest BCUT2D eigenvalue weighted by atomic mass is 10.1. The molecule has 0 bridgehead atoms. The van der Waals surface area contributed by atoms with Crippen molar-refractivity contribution >= 4 is 10.1 Å². The summed E-state index contributed by atoms with van der Waals surface area (Å²) in [6, 6.07) is 0. The minimum absolute atomic E-state index is 0.254. The van der Waals surface area contributed by atoms with Crippen LogP contribution in [-0.4, -0.2) is 43.8 Å². The molecule has 0 aliphatic carbocycles. The highest BCUT2D eigenvalue weighted by Gasteiger charge is 2.15. The molecule has 4 nitrogen and oxygen atoms in total. The predicted octanol–water partition coefficient (Wildman–Crippen LogP) is -0.254. The van der Waals surface area contributed by atoms with Crippen molar-refractivity contribution in [1.82, 2.24) is 4.90 Å². The zero-order chi connectivity index (χ0) is 8.48. The van der Waals surface area contributed by atoms with Crippen molar-refractivity contribution in [2.45, 2.75) is 0 Å². The maximum Gasteiger partial charge on any atom is 0.268 e. The smallest absolute Gasteiger partial charge is 0.268 e. The van der Waals surface area contributed by atoms with Gasteiger partial charge in [-0.2, -0.15) is 8.42 Å². The molecule has 0 unspecified atom stereocenters. The molecule has 64 valence electrons. The Labute approximate surface area is 66.3 Å². The molecule has 5 heteroatoms. The summed E-state index contributed by atoms with van der Waals surface area (Å²) >= 11 is 0. The zero-order valence-electron chi connectivity index (χ0n) is 6.32. The van der Waals surface area contributed by atoms with Crippen LogP contribution in [-0.2, 0) is 10.1 Å². The molecule has 0 spiro atoms. The molecule has 1 saturated heterocycles. The largest absolute Gasteiger partial charge is 0.298 e. The third-order valence-corrected chi connectivity index (χ3v) is 2.12. The van der Waals surface area contributed by atoms with Crippen molar-refractivity contribution in [1.29, 1.82) is 0 Å². The Balaban J connectivity index is 2.39. The van der Waals surface area contributed by atoms with Gasteiger partial charge < -0.3 is 0 Å². The number of hydrogen-bond acceptors (Lipinski definition) is 3. The van der Waals surface area contributed by atoms with Gasteiger partial charge in [0.05, 0.1) is 5.75 Å². The van der Waals surface area contributed by atoms with Crippen LogP contribution in [0.15, 0.2) is 11.6 Å². The number of rotatable bonds is 2. The molecule has 0 aromatic carbocycles. The van der Waals surface area contributed by atoms with E-state index in [9.17, 15) is 8.42 Å². The van der Waals surface area contributed by atoms with Crippen LogP contribution in [0.1, 0.15) is 0 Å². The Kier molecular flexibility index (Phi) is 2.31. The summed E-state index contributed by atoms with van der Waals surface area (Å²) in [5.74, 6) is -0.254. The third-order valence-electron chi connectivity index (χ3n) is 1.53. The zero-order valence-corrected chi connectivity index (χ0v) is 7.13. The summed E-state index contributed by atoms with van der Waals surface area (Å²) in [5, 5.41) is 0. The van der Waals surface area contributed by atoms with E-state index >= 15 is 0 Å². The summed E-state index contributed by atoms with van der Waals surface area (Å²) in [6.45, 7) is 1.63. The first kappa shape index (κ1) is 8.70. The minimum atomic E-state index is -3.81. The molecule has 0 saturated carbocycles. The fourth-order valence-corrected chi connectivity index (χ4v) is 1.45. The van der Waals surface area contributed by atoms with E-state index in [4.69, 9.17) is 4.55 Å². The van der Waals surface area contributed by atoms with Crippen LogP contribution in [0.2, 0.25) is 0 Å². The molecule has 1 rings (SSSR count). The highest BCUT2D eigenvalue weighted by Crippen LogP contribution is 2.10. The Morgan fingerprint density at radius 3 is 2.55 bits per heavy atom. The molecular weight excluding hydrogens is 166 g/mol. The van der Waals surface area contributed by atoms with E-state index in [2.05, 4.69) is 4.90 Å². The standard InChI is InChI=1S/C6H11NO3S/c1-7-4-6(5-7)2-3-11(8,9)10/h2H,3-5H2,1H3,(H,8,9,10). The fourth-order valence-electron chi connectivity index (χ4n) is 0.999. The van der Waals surface area contributed by atoms with E-state index in [1.165, 1.54) is 0 Å². The van der Waals surface area contributed by atoms with Gasteiger partial charge >= 0.3 is 0 Å². The highest BCUT2D eigenvalue weighted by atomic mass is 32.2. The quantitative estimate of drug-likeness (QED) is 0.466. The van der Waals surface area contributed by atoms with Crippen molar-refractivity contribution < 1.29 is 13.0 Å². The lowest BCUT2D eigenvalue weighted by Crippen LogP contribution is -2.36. The van der Waals surface area contributed by atoms with Crippen LogP contribution in [0.25, 0.3) is 0 Å². The second-order valence-corrected chi connectivity index (χ2v) is 4.28. The van der Waals surface area contributed by atoms with Crippen LogP contribution in [0.5, 0.6) is 0 Å². The van der Waals surface area contributed by atoms with Gasteiger partial charge in [0.2, 0.25) is 0 Å². The predicted molar refractivity (Wildman–Crippen MR) is 42.0 cm³/mol. The number of hydrogen-bond donors (Lipinski definition) is 1. The van der Waals surface area contributed by atoms with Crippen molar-refractivity contribution in [3.8, 4) is 0 Å². The Hall–Kier alpha value is -0.390. The Morgan fingerprint density at radius 1 is 1.64 bits per heavy atom. The monoisotopic (exact) mass is 177 g/mol. The van der Waals surface area contributed by atoms with E-state index in [1.807, 2.05) is 7.05 Å². The number of nitrogens with zero attached hydrogens (tertiary/aromatic N) is 1. The Bertz CT molecular complexity index is 260. The lowest BCUT2D eigenvalue weighted by molar-refractivity contribution is 0.309. The van der Waals surface area contributed by atoms with Crippen LogP contribution >= 0.6 is 0 Å². The molecule has 0 aromatic heterocycles. The van der Waals surface area contributed by atoms with E-state index < -0.39 is 10.1 Å². The molecular formula is C6H11NO3S. The van der Waals surface area contributed by atoms with Crippen molar-refractivity contribution in [3.63, 3.8) is 0 Å². The molecule has 1 N–H and O–H groups in total. The molecule has 1 fully saturated rings. The first-order valence-corrected chi connectivity index (χ1v) is 4.90. The van der Waals surface area contributed by atoms with Gasteiger partial charge in [-0.3, -0.25) is 9.45 Å². The van der Waals surface area contributed by atoms with Gasteiger partial charge in [-0.05, 0) is 12.6 Å². The van der Waals surface area contributed by atoms with Crippen LogP contribution in [0.4, 0.5) is 0 Å². The topological polar surface area (TPSA) is 57.6 Å². The maximum absolute atomic E-state index is 10.3. The summed E-state index contributed by atoms with van der Waals surface area (Å²) in [5.41, 5.74) is 1.07. The summed E-state index contributed by atoms with van der Waals surface area (Å²) in [7, 11) is -1.86. The van der Waals surface area contributed by atoms with Gasteiger partial charge in [-0.25, -0.2) is 0 Å². The normalized spacial score (nSPS) is 19.6. The maximum atomic E-state index is 10.3. The van der Waals surface area contributed by atoms with E-state index in [1.54, 1.807) is 6.08 Å². The van der Waals surface area contributed by atoms with E-state index in [0.717, 1.165) is 18.7 Å². The number of likely N-dealkylation sites (N-methyl/N-ethyl adjacent to an activating group) is 1. The Morgan fingerprint density at radius 2 is 2.18 bits per heavy atom. The second-order valence-electron chi connectivity index (χ2n) is 2.78. The molecule has 0 atom stereocenters. The first-order chi connectivity index (χ1) is 4.97. The lowest BCUT2D eigenvalue weighted by Gasteiger charge is -2.29. The van der Waals surface area contributed by atoms with Crippen molar-refractivity contribution in [2.24, 2.45) is 0 Å². The molecule has 11 heavy (non-hydrogen) atoms. The van der Waals surface area contributed by atoms with Crippen molar-refractivity contribution in [2.75, 3.05) is 25.9 Å². The van der Waals surface area contributed by atoms with Crippen molar-refractivity contribution in [3.05, 3.63) is 11.6 Å². The second kappa shape index (κ2) is 2.92. The average Bonchev–Trinajstić information content (AvgIpc) is 1.75. The van der Waals surface area contributed by atoms with Gasteiger partial charge in [0.1, 0.15) is 0 Å². The summed E-state index contributed by atoms with van der Waals surface area (Å²) in [4.78, 5) is 2.05. The minimum Gasteiger partial charge on any atom is -0.298 e. The van der Waals surface area contributed by atoms with Crippen LogP contribution in [0.3, 0.4) is 0 Å². The van der Waals surface area contributed by atoms with Crippen LogP contribution in [0, 0.1) is 0 Å². The molecule has 0 amide bonds. The number of likely N-dealkylation sites (tertiary alicyclic amines) is 1. The SMILES string of the molecule is CN1CC(=CCS(=O)(=O)O)C1. The van der Waals surface area contributed by atoms with E-state index in [0.29, 0.717) is 0 Å². The van der Waals surface area contributed by atoms with Gasteiger partial charge in [-0.1, -0.05) is 6.08 Å². The van der Waals surface area contributed by atoms with Crippen LogP contribution < -0.4 is 0 Å². The summed E-state index contributed by atoms with van der Waals surface area (Å²) in [6.07, 6.45) is 1.56. The van der Waals surface area contributed by atoms with Gasteiger partial charge in [0.25, 0.3) is 10.1 Å². The fraction of sp³-hybridized carbons (Fsp3) is 0.667. The summed E-state index contributed by atoms with van der Waals surface area (Å²) < 4.78 is 28.9. The molecule has 1 aliphatic rings. The molecule has 0 aromatic rings. The molecule has 1 aliphatic heterocycles.